The molecule has 0 amide bonds. The summed E-state index contributed by atoms with van der Waals surface area (Å²) in [7, 11) is 2.08. The number of hydrogen-bond acceptors (Lipinski definition) is 4. The van der Waals surface area contributed by atoms with Crippen molar-refractivity contribution in [1.29, 1.82) is 0 Å². The van der Waals surface area contributed by atoms with E-state index in [0.29, 0.717) is 6.04 Å². The second-order valence-electron chi connectivity index (χ2n) is 6.89. The van der Waals surface area contributed by atoms with Crippen molar-refractivity contribution in [3.05, 3.63) is 24.2 Å². The molecule has 0 atom stereocenters. The highest BCUT2D eigenvalue weighted by molar-refractivity contribution is 5.69. The quantitative estimate of drug-likeness (QED) is 0.918. The summed E-state index contributed by atoms with van der Waals surface area (Å²) in [6.07, 6.45) is 3.72. The SMILES string of the molecule is CC(C)NCCN(C)c1nccn2nc(C(C)(C)C)cc12. The minimum Gasteiger partial charge on any atom is -0.357 e. The molecule has 2 aromatic rings. The van der Waals surface area contributed by atoms with E-state index in [9.17, 15) is 0 Å². The fraction of sp³-hybridized carbons (Fsp3) is 0.625. The van der Waals surface area contributed by atoms with Gasteiger partial charge in [-0.3, -0.25) is 0 Å². The van der Waals surface area contributed by atoms with Gasteiger partial charge in [-0.25, -0.2) is 9.50 Å². The van der Waals surface area contributed by atoms with Gasteiger partial charge in [-0.2, -0.15) is 5.10 Å². The van der Waals surface area contributed by atoms with Crippen molar-refractivity contribution in [2.45, 2.75) is 46.1 Å². The molecule has 0 spiro atoms. The summed E-state index contributed by atoms with van der Waals surface area (Å²) >= 11 is 0. The van der Waals surface area contributed by atoms with E-state index in [1.807, 2.05) is 16.9 Å². The smallest absolute Gasteiger partial charge is 0.154 e. The van der Waals surface area contributed by atoms with Gasteiger partial charge >= 0.3 is 0 Å². The summed E-state index contributed by atoms with van der Waals surface area (Å²) in [4.78, 5) is 6.72. The van der Waals surface area contributed by atoms with Crippen LogP contribution in [0.3, 0.4) is 0 Å². The number of anilines is 1. The van der Waals surface area contributed by atoms with Crippen LogP contribution in [0, 0.1) is 0 Å². The van der Waals surface area contributed by atoms with E-state index in [1.165, 1.54) is 0 Å². The summed E-state index contributed by atoms with van der Waals surface area (Å²) in [5.41, 5.74) is 2.20. The number of rotatable bonds is 5. The maximum absolute atomic E-state index is 4.67. The van der Waals surface area contributed by atoms with E-state index in [4.69, 9.17) is 0 Å². The summed E-state index contributed by atoms with van der Waals surface area (Å²) in [5, 5.41) is 8.10. The van der Waals surface area contributed by atoms with Crippen LogP contribution in [0.25, 0.3) is 5.52 Å². The first kappa shape index (κ1) is 15.8. The fourth-order valence-corrected chi connectivity index (χ4v) is 2.20. The standard InChI is InChI=1S/C16H27N5/c1-12(2)17-7-9-20(6)15-13-11-14(16(3,4)5)19-21(13)10-8-18-15/h8,10-12,17H,7,9H2,1-6H3. The van der Waals surface area contributed by atoms with Gasteiger partial charge in [0, 0.05) is 44.0 Å². The molecule has 0 aliphatic heterocycles. The molecular formula is C16H27N5. The first-order valence-electron chi connectivity index (χ1n) is 7.58. The zero-order chi connectivity index (χ0) is 15.6. The molecule has 21 heavy (non-hydrogen) atoms. The van der Waals surface area contributed by atoms with Gasteiger partial charge in [-0.1, -0.05) is 34.6 Å². The Morgan fingerprint density at radius 2 is 2.05 bits per heavy atom. The highest BCUT2D eigenvalue weighted by Gasteiger charge is 2.19. The Morgan fingerprint density at radius 1 is 1.33 bits per heavy atom. The normalized spacial score (nSPS) is 12.3. The van der Waals surface area contributed by atoms with Crippen molar-refractivity contribution in [2.24, 2.45) is 0 Å². The molecule has 2 heterocycles. The summed E-state index contributed by atoms with van der Waals surface area (Å²) in [5.74, 6) is 0.978. The molecule has 0 aliphatic rings. The Morgan fingerprint density at radius 3 is 2.67 bits per heavy atom. The van der Waals surface area contributed by atoms with E-state index >= 15 is 0 Å². The number of fused-ring (bicyclic) bond motifs is 1. The fourth-order valence-electron chi connectivity index (χ4n) is 2.20. The van der Waals surface area contributed by atoms with Crippen molar-refractivity contribution in [2.75, 3.05) is 25.0 Å². The lowest BCUT2D eigenvalue weighted by molar-refractivity contribution is 0.562. The highest BCUT2D eigenvalue weighted by atomic mass is 15.3. The van der Waals surface area contributed by atoms with E-state index < -0.39 is 0 Å². The maximum Gasteiger partial charge on any atom is 0.154 e. The maximum atomic E-state index is 4.67. The lowest BCUT2D eigenvalue weighted by atomic mass is 9.92. The molecule has 0 fully saturated rings. The number of hydrogen-bond donors (Lipinski definition) is 1. The van der Waals surface area contributed by atoms with Crippen LogP contribution >= 0.6 is 0 Å². The molecule has 0 bridgehead atoms. The van der Waals surface area contributed by atoms with Crippen molar-refractivity contribution in [1.82, 2.24) is 19.9 Å². The summed E-state index contributed by atoms with van der Waals surface area (Å²) in [6, 6.07) is 2.65. The van der Waals surface area contributed by atoms with Crippen molar-refractivity contribution >= 4 is 11.3 Å². The average Bonchev–Trinajstić information content (AvgIpc) is 2.81. The first-order chi connectivity index (χ1) is 9.79. The molecule has 0 unspecified atom stereocenters. The van der Waals surface area contributed by atoms with Crippen molar-refractivity contribution in [3.8, 4) is 0 Å². The Kier molecular flexibility index (Phi) is 4.52. The van der Waals surface area contributed by atoms with Crippen LogP contribution in [0.5, 0.6) is 0 Å². The van der Waals surface area contributed by atoms with Gasteiger partial charge in [0.15, 0.2) is 5.82 Å². The van der Waals surface area contributed by atoms with Gasteiger partial charge < -0.3 is 10.2 Å². The predicted molar refractivity (Wildman–Crippen MR) is 88.1 cm³/mol. The third-order valence-electron chi connectivity index (χ3n) is 3.50. The minimum atomic E-state index is 0.0427. The molecule has 0 saturated heterocycles. The molecule has 0 aliphatic carbocycles. The zero-order valence-corrected chi connectivity index (χ0v) is 14.0. The molecule has 2 rings (SSSR count). The first-order valence-corrected chi connectivity index (χ1v) is 7.58. The van der Waals surface area contributed by atoms with Crippen LogP contribution in [0.1, 0.15) is 40.3 Å². The van der Waals surface area contributed by atoms with Crippen LogP contribution in [0.15, 0.2) is 18.5 Å². The average molecular weight is 289 g/mol. The van der Waals surface area contributed by atoms with Gasteiger partial charge in [0.1, 0.15) is 5.52 Å². The third kappa shape index (κ3) is 3.73. The van der Waals surface area contributed by atoms with Gasteiger partial charge in [-0.05, 0) is 6.07 Å². The lowest BCUT2D eigenvalue weighted by Gasteiger charge is -2.19. The number of nitrogens with zero attached hydrogens (tertiary/aromatic N) is 4. The minimum absolute atomic E-state index is 0.0427. The van der Waals surface area contributed by atoms with Crippen molar-refractivity contribution in [3.63, 3.8) is 0 Å². The molecule has 5 nitrogen and oxygen atoms in total. The Bertz CT molecular complexity index is 594. The summed E-state index contributed by atoms with van der Waals surface area (Å²) in [6.45, 7) is 12.7. The van der Waals surface area contributed by atoms with E-state index in [0.717, 1.165) is 30.1 Å². The molecule has 1 N–H and O–H groups in total. The molecule has 0 radical (unpaired) electrons. The van der Waals surface area contributed by atoms with Gasteiger partial charge in [0.2, 0.25) is 0 Å². The van der Waals surface area contributed by atoms with Crippen LogP contribution in [-0.2, 0) is 5.41 Å². The van der Waals surface area contributed by atoms with Crippen LogP contribution in [-0.4, -0.2) is 40.8 Å². The zero-order valence-electron chi connectivity index (χ0n) is 14.0. The topological polar surface area (TPSA) is 45.5 Å². The van der Waals surface area contributed by atoms with E-state index in [2.05, 4.69) is 68.0 Å². The Labute approximate surface area is 127 Å². The van der Waals surface area contributed by atoms with Gasteiger partial charge in [-0.15, -0.1) is 0 Å². The monoisotopic (exact) mass is 289 g/mol. The van der Waals surface area contributed by atoms with Crippen LogP contribution < -0.4 is 10.2 Å². The Balaban J connectivity index is 2.25. The third-order valence-corrected chi connectivity index (χ3v) is 3.50. The second-order valence-corrected chi connectivity index (χ2v) is 6.89. The van der Waals surface area contributed by atoms with Crippen LogP contribution in [0.2, 0.25) is 0 Å². The van der Waals surface area contributed by atoms with Gasteiger partial charge in [0.25, 0.3) is 0 Å². The number of likely N-dealkylation sites (N-methyl/N-ethyl adjacent to an activating group) is 1. The molecule has 5 heteroatoms. The molecule has 0 aromatic carbocycles. The van der Waals surface area contributed by atoms with E-state index in [1.54, 1.807) is 0 Å². The second kappa shape index (κ2) is 6.02. The van der Waals surface area contributed by atoms with Crippen LogP contribution in [0.4, 0.5) is 5.82 Å². The largest absolute Gasteiger partial charge is 0.357 e. The molecule has 0 saturated carbocycles. The Hall–Kier alpha value is -1.62. The molecule has 2 aromatic heterocycles. The van der Waals surface area contributed by atoms with Crippen molar-refractivity contribution < 1.29 is 0 Å². The summed E-state index contributed by atoms with van der Waals surface area (Å²) < 4.78 is 1.93. The highest BCUT2D eigenvalue weighted by Crippen LogP contribution is 2.25. The number of aromatic nitrogens is 3. The lowest BCUT2D eigenvalue weighted by Crippen LogP contribution is -2.33. The predicted octanol–water partition coefficient (Wildman–Crippen LogP) is 2.46. The molecular weight excluding hydrogens is 262 g/mol. The van der Waals surface area contributed by atoms with Gasteiger partial charge in [0.05, 0.1) is 5.69 Å². The number of nitrogens with one attached hydrogen (secondary N) is 1. The van der Waals surface area contributed by atoms with E-state index in [-0.39, 0.29) is 5.41 Å². The molecule has 116 valence electrons.